The van der Waals surface area contributed by atoms with Crippen LogP contribution in [-0.2, 0) is 0 Å². The molecule has 0 amide bonds. The van der Waals surface area contributed by atoms with E-state index in [0.29, 0.717) is 0 Å². The van der Waals surface area contributed by atoms with Crippen LogP contribution >= 0.6 is 50.7 Å². The number of likely N-dealkylation sites (N-methyl/N-ethyl adjacent to an activating group) is 1. The highest BCUT2D eigenvalue weighted by Gasteiger charge is 2.40. The van der Waals surface area contributed by atoms with Gasteiger partial charge < -0.3 is 4.90 Å². The summed E-state index contributed by atoms with van der Waals surface area (Å²) in [6, 6.07) is 7.69. The maximum Gasteiger partial charge on any atom is 0.215 e. The molecule has 0 N–H and O–H groups in total. The van der Waals surface area contributed by atoms with Gasteiger partial charge in [0.25, 0.3) is 0 Å². The number of alkyl halides is 3. The van der Waals surface area contributed by atoms with Crippen LogP contribution in [0.25, 0.3) is 6.08 Å². The van der Waals surface area contributed by atoms with E-state index in [0.717, 1.165) is 15.7 Å². The third kappa shape index (κ3) is 2.21. The van der Waals surface area contributed by atoms with E-state index >= 15 is 0 Å². The molecule has 1 nitrogen and oxygen atoms in total. The molecule has 0 saturated heterocycles. The van der Waals surface area contributed by atoms with Gasteiger partial charge in [-0.3, -0.25) is 0 Å². The number of anilines is 1. The monoisotopic (exact) mass is 339 g/mol. The van der Waals surface area contributed by atoms with Crippen LogP contribution < -0.4 is 4.90 Å². The molecule has 1 aromatic rings. The molecule has 1 unspecified atom stereocenters. The van der Waals surface area contributed by atoms with E-state index in [2.05, 4.69) is 15.9 Å². The van der Waals surface area contributed by atoms with Crippen molar-refractivity contribution in [3.63, 3.8) is 0 Å². The lowest BCUT2D eigenvalue weighted by Gasteiger charge is -2.38. The van der Waals surface area contributed by atoms with E-state index in [-0.39, 0.29) is 6.04 Å². The molecular formula is C11H9BrCl3N. The molecule has 0 fully saturated rings. The van der Waals surface area contributed by atoms with Crippen LogP contribution in [0.2, 0.25) is 0 Å². The average Bonchev–Trinajstić information content (AvgIpc) is 2.15. The fraction of sp³-hybridized carbons (Fsp3) is 0.273. The van der Waals surface area contributed by atoms with E-state index in [1.807, 2.05) is 42.3 Å². The molecule has 0 radical (unpaired) electrons. The molecule has 1 atom stereocenters. The van der Waals surface area contributed by atoms with Gasteiger partial charge in [0.1, 0.15) is 6.04 Å². The van der Waals surface area contributed by atoms with Crippen molar-refractivity contribution >= 4 is 62.5 Å². The average molecular weight is 341 g/mol. The first-order valence-corrected chi connectivity index (χ1v) is 6.59. The van der Waals surface area contributed by atoms with Gasteiger partial charge in [-0.05, 0) is 17.7 Å². The van der Waals surface area contributed by atoms with Crippen LogP contribution in [0, 0.1) is 0 Å². The minimum Gasteiger partial charge on any atom is -0.362 e. The Morgan fingerprint density at radius 3 is 2.50 bits per heavy atom. The third-order valence-electron chi connectivity index (χ3n) is 2.57. The molecule has 1 aliphatic rings. The maximum absolute atomic E-state index is 5.99. The molecule has 0 saturated carbocycles. The Morgan fingerprint density at radius 1 is 1.25 bits per heavy atom. The predicted octanol–water partition coefficient (Wildman–Crippen LogP) is 4.61. The zero-order valence-corrected chi connectivity index (χ0v) is 12.3. The lowest BCUT2D eigenvalue weighted by atomic mass is 10.0. The van der Waals surface area contributed by atoms with Crippen LogP contribution in [-0.4, -0.2) is 16.9 Å². The van der Waals surface area contributed by atoms with Gasteiger partial charge in [-0.2, -0.15) is 0 Å². The minimum absolute atomic E-state index is 0.299. The van der Waals surface area contributed by atoms with E-state index < -0.39 is 3.79 Å². The van der Waals surface area contributed by atoms with Crippen LogP contribution in [0.3, 0.4) is 0 Å². The van der Waals surface area contributed by atoms with Crippen molar-refractivity contribution < 1.29 is 0 Å². The summed E-state index contributed by atoms with van der Waals surface area (Å²) < 4.78 is -0.494. The zero-order valence-electron chi connectivity index (χ0n) is 8.42. The molecule has 1 aliphatic heterocycles. The number of fused-ring (bicyclic) bond motifs is 1. The Hall–Kier alpha value is 0.110. The smallest absolute Gasteiger partial charge is 0.215 e. The topological polar surface area (TPSA) is 3.24 Å². The van der Waals surface area contributed by atoms with Crippen LogP contribution in [0.15, 0.2) is 28.7 Å². The van der Waals surface area contributed by atoms with Crippen molar-refractivity contribution in [2.45, 2.75) is 9.83 Å². The number of halogens is 4. The van der Waals surface area contributed by atoms with E-state index in [4.69, 9.17) is 34.8 Å². The van der Waals surface area contributed by atoms with Crippen molar-refractivity contribution in [1.82, 2.24) is 0 Å². The Bertz CT molecular complexity index is 439. The fourth-order valence-electron chi connectivity index (χ4n) is 1.86. The normalized spacial score (nSPS) is 20.4. The van der Waals surface area contributed by atoms with Gasteiger partial charge in [0.05, 0.1) is 0 Å². The highest BCUT2D eigenvalue weighted by Crippen LogP contribution is 2.44. The van der Waals surface area contributed by atoms with Gasteiger partial charge in [-0.25, -0.2) is 0 Å². The molecule has 1 aromatic carbocycles. The molecule has 16 heavy (non-hydrogen) atoms. The van der Waals surface area contributed by atoms with Gasteiger partial charge >= 0.3 is 0 Å². The Morgan fingerprint density at radius 2 is 1.88 bits per heavy atom. The highest BCUT2D eigenvalue weighted by atomic mass is 79.9. The summed E-state index contributed by atoms with van der Waals surface area (Å²) in [6.45, 7) is 0. The van der Waals surface area contributed by atoms with E-state index in [1.54, 1.807) is 0 Å². The van der Waals surface area contributed by atoms with Crippen LogP contribution in [0.4, 0.5) is 5.69 Å². The van der Waals surface area contributed by atoms with E-state index in [9.17, 15) is 0 Å². The second-order valence-corrected chi connectivity index (χ2v) is 6.93. The molecule has 86 valence electrons. The number of nitrogens with zero attached hydrogens (tertiary/aromatic N) is 1. The molecule has 0 aliphatic carbocycles. The molecule has 1 heterocycles. The number of para-hydroxylation sites is 1. The molecule has 0 spiro atoms. The predicted molar refractivity (Wildman–Crippen MR) is 75.8 cm³/mol. The molecule has 2 rings (SSSR count). The summed E-state index contributed by atoms with van der Waals surface area (Å²) >= 11 is 21.4. The Labute approximate surface area is 118 Å². The number of hydrogen-bond donors (Lipinski definition) is 0. The quantitative estimate of drug-likeness (QED) is 0.623. The van der Waals surface area contributed by atoms with Crippen LogP contribution in [0.1, 0.15) is 5.56 Å². The molecule has 5 heteroatoms. The Balaban J connectivity index is 2.52. The molecule has 0 bridgehead atoms. The van der Waals surface area contributed by atoms with Crippen molar-refractivity contribution in [3.05, 3.63) is 34.3 Å². The summed E-state index contributed by atoms with van der Waals surface area (Å²) in [7, 11) is 1.92. The standard InChI is InChI=1S/C11H9BrCl3N/c1-16-9-5-3-2-4-7(9)6-8(12)10(16)11(13,14)15/h2-6,10H,1H3. The van der Waals surface area contributed by atoms with Gasteiger partial charge in [0, 0.05) is 17.2 Å². The van der Waals surface area contributed by atoms with Gasteiger partial charge in [0.15, 0.2) is 0 Å². The zero-order chi connectivity index (χ0) is 11.9. The lowest BCUT2D eigenvalue weighted by Crippen LogP contribution is -2.43. The van der Waals surface area contributed by atoms with Crippen LogP contribution in [0.5, 0.6) is 0 Å². The van der Waals surface area contributed by atoms with Crippen molar-refractivity contribution in [2.24, 2.45) is 0 Å². The van der Waals surface area contributed by atoms with Gasteiger partial charge in [0.2, 0.25) is 3.79 Å². The summed E-state index contributed by atoms with van der Waals surface area (Å²) in [5.41, 5.74) is 2.17. The highest BCUT2D eigenvalue weighted by molar-refractivity contribution is 9.11. The summed E-state index contributed by atoms with van der Waals surface area (Å²) in [4.78, 5) is 1.96. The number of benzene rings is 1. The number of rotatable bonds is 0. The second kappa shape index (κ2) is 4.41. The first kappa shape index (κ1) is 12.6. The van der Waals surface area contributed by atoms with Crippen molar-refractivity contribution in [1.29, 1.82) is 0 Å². The SMILES string of the molecule is CN1c2ccccc2C=C(Br)C1C(Cl)(Cl)Cl. The largest absolute Gasteiger partial charge is 0.362 e. The first-order chi connectivity index (χ1) is 7.41. The van der Waals surface area contributed by atoms with Crippen molar-refractivity contribution in [2.75, 3.05) is 11.9 Å². The Kier molecular flexibility index (Phi) is 3.47. The summed E-state index contributed by atoms with van der Waals surface area (Å²) in [5, 5.41) is 0. The van der Waals surface area contributed by atoms with E-state index in [1.165, 1.54) is 0 Å². The maximum atomic E-state index is 5.99. The van der Waals surface area contributed by atoms with Crippen molar-refractivity contribution in [3.8, 4) is 0 Å². The third-order valence-corrected chi connectivity index (χ3v) is 3.85. The number of hydrogen-bond acceptors (Lipinski definition) is 1. The second-order valence-electron chi connectivity index (χ2n) is 3.64. The first-order valence-electron chi connectivity index (χ1n) is 4.67. The molecule has 0 aromatic heterocycles. The fourth-order valence-corrected chi connectivity index (χ4v) is 3.94. The lowest BCUT2D eigenvalue weighted by molar-refractivity contribution is 0.754. The van der Waals surface area contributed by atoms with Gasteiger partial charge in [-0.1, -0.05) is 68.9 Å². The summed E-state index contributed by atoms with van der Waals surface area (Å²) in [6.07, 6.45) is 1.99. The molecular weight excluding hydrogens is 332 g/mol. The summed E-state index contributed by atoms with van der Waals surface area (Å²) in [5.74, 6) is 0. The van der Waals surface area contributed by atoms with Gasteiger partial charge in [-0.15, -0.1) is 0 Å². The minimum atomic E-state index is -1.36.